The number of nitrogens with one attached hydrogen (secondary N) is 1. The molecule has 1 N–H and O–H groups in total. The van der Waals surface area contributed by atoms with Gasteiger partial charge in [0.1, 0.15) is 0 Å². The van der Waals surface area contributed by atoms with Crippen molar-refractivity contribution in [1.82, 2.24) is 5.32 Å². The Hall–Kier alpha value is -0.480. The molecule has 0 fully saturated rings. The average Bonchev–Trinajstić information content (AvgIpc) is 2.85. The van der Waals surface area contributed by atoms with Crippen LogP contribution in [0.3, 0.4) is 0 Å². The fraction of sp³-hybridized carbons (Fsp3) is 0.333. The van der Waals surface area contributed by atoms with Crippen molar-refractivity contribution in [2.45, 2.75) is 23.8 Å². The minimum absolute atomic E-state index is 0.507. The first kappa shape index (κ1) is 13.5. The highest BCUT2D eigenvalue weighted by atomic mass is 35.5. The van der Waals surface area contributed by atoms with Gasteiger partial charge >= 0.3 is 0 Å². The van der Waals surface area contributed by atoms with E-state index in [0.29, 0.717) is 6.04 Å². The second-order valence-corrected chi connectivity index (χ2v) is 7.57. The number of hydrogen-bond acceptors (Lipinski definition) is 3. The van der Waals surface area contributed by atoms with Crippen LogP contribution < -0.4 is 5.32 Å². The topological polar surface area (TPSA) is 12.0 Å². The summed E-state index contributed by atoms with van der Waals surface area (Å²) >= 11 is 9.60. The summed E-state index contributed by atoms with van der Waals surface area (Å²) in [6, 6.07) is 13.4. The molecule has 1 aliphatic rings. The van der Waals surface area contributed by atoms with E-state index in [1.807, 2.05) is 17.8 Å². The van der Waals surface area contributed by atoms with E-state index in [0.717, 1.165) is 17.3 Å². The Morgan fingerprint density at radius 1 is 1.21 bits per heavy atom. The summed E-state index contributed by atoms with van der Waals surface area (Å²) in [5.41, 5.74) is 1.46. The predicted octanol–water partition coefficient (Wildman–Crippen LogP) is 4.77. The first-order chi connectivity index (χ1) is 9.33. The number of benzene rings is 1. The molecule has 1 unspecified atom stereocenters. The van der Waals surface area contributed by atoms with Crippen LogP contribution >= 0.6 is 34.7 Å². The van der Waals surface area contributed by atoms with E-state index in [4.69, 9.17) is 11.6 Å². The van der Waals surface area contributed by atoms with Gasteiger partial charge < -0.3 is 5.32 Å². The van der Waals surface area contributed by atoms with Crippen LogP contribution in [0.1, 0.15) is 22.9 Å². The third-order valence-corrected chi connectivity index (χ3v) is 5.76. The zero-order valence-electron chi connectivity index (χ0n) is 10.6. The summed E-state index contributed by atoms with van der Waals surface area (Å²) in [6.07, 6.45) is 2.27. The molecule has 0 aliphatic carbocycles. The SMILES string of the molecule is Clc1ccc(CCNC2CCSc3ccccc32)s1. The minimum atomic E-state index is 0.507. The largest absolute Gasteiger partial charge is 0.310 e. The lowest BCUT2D eigenvalue weighted by molar-refractivity contribution is 0.515. The Labute approximate surface area is 127 Å². The lowest BCUT2D eigenvalue weighted by atomic mass is 10.0. The van der Waals surface area contributed by atoms with Gasteiger partial charge in [-0.05, 0) is 42.4 Å². The Morgan fingerprint density at radius 2 is 2.11 bits per heavy atom. The molecule has 1 nitrogen and oxygen atoms in total. The van der Waals surface area contributed by atoms with E-state index in [9.17, 15) is 0 Å². The van der Waals surface area contributed by atoms with Gasteiger partial charge in [0, 0.05) is 22.4 Å². The first-order valence-corrected chi connectivity index (χ1v) is 8.70. The van der Waals surface area contributed by atoms with E-state index in [1.165, 1.54) is 27.5 Å². The zero-order valence-corrected chi connectivity index (χ0v) is 13.0. The summed E-state index contributed by atoms with van der Waals surface area (Å²) < 4.78 is 0.884. The summed E-state index contributed by atoms with van der Waals surface area (Å²) in [5.74, 6) is 1.21. The molecule has 0 spiro atoms. The van der Waals surface area contributed by atoms with E-state index >= 15 is 0 Å². The van der Waals surface area contributed by atoms with Gasteiger partial charge in [0.05, 0.1) is 4.34 Å². The summed E-state index contributed by atoms with van der Waals surface area (Å²) in [7, 11) is 0. The maximum Gasteiger partial charge on any atom is 0.0931 e. The third-order valence-electron chi connectivity index (χ3n) is 3.35. The van der Waals surface area contributed by atoms with Crippen molar-refractivity contribution in [3.8, 4) is 0 Å². The van der Waals surface area contributed by atoms with Crippen LogP contribution in [0.2, 0.25) is 4.34 Å². The summed E-state index contributed by atoms with van der Waals surface area (Å²) in [6.45, 7) is 1.01. The van der Waals surface area contributed by atoms with Gasteiger partial charge in [0.15, 0.2) is 0 Å². The van der Waals surface area contributed by atoms with Crippen molar-refractivity contribution in [2.24, 2.45) is 0 Å². The Bertz CT molecular complexity index is 553. The number of halogens is 1. The maximum absolute atomic E-state index is 5.95. The van der Waals surface area contributed by atoms with Gasteiger partial charge in [-0.3, -0.25) is 0 Å². The molecule has 1 aromatic heterocycles. The molecular formula is C15H16ClNS2. The van der Waals surface area contributed by atoms with Crippen molar-refractivity contribution in [2.75, 3.05) is 12.3 Å². The standard InChI is InChI=1S/C15H16ClNS2/c16-15-6-5-11(19-15)7-9-17-13-8-10-18-14-4-2-1-3-12(13)14/h1-6,13,17H,7-10H2. The highest BCUT2D eigenvalue weighted by Crippen LogP contribution is 2.35. The zero-order chi connectivity index (χ0) is 13.1. The molecule has 100 valence electrons. The van der Waals surface area contributed by atoms with Crippen molar-refractivity contribution >= 4 is 34.7 Å². The summed E-state index contributed by atoms with van der Waals surface area (Å²) in [4.78, 5) is 2.79. The van der Waals surface area contributed by atoms with Crippen LogP contribution in [0, 0.1) is 0 Å². The highest BCUT2D eigenvalue weighted by Gasteiger charge is 2.19. The molecule has 0 amide bonds. The molecule has 0 saturated carbocycles. The lowest BCUT2D eigenvalue weighted by Crippen LogP contribution is -2.26. The molecule has 1 atom stereocenters. The molecule has 0 saturated heterocycles. The van der Waals surface area contributed by atoms with E-state index in [2.05, 4.69) is 35.6 Å². The van der Waals surface area contributed by atoms with Crippen molar-refractivity contribution in [1.29, 1.82) is 0 Å². The quantitative estimate of drug-likeness (QED) is 0.873. The van der Waals surface area contributed by atoms with Gasteiger partial charge in [0.25, 0.3) is 0 Å². The van der Waals surface area contributed by atoms with E-state index in [-0.39, 0.29) is 0 Å². The van der Waals surface area contributed by atoms with Crippen molar-refractivity contribution in [3.05, 3.63) is 51.2 Å². The molecule has 1 aromatic carbocycles. The molecule has 1 aliphatic heterocycles. The van der Waals surface area contributed by atoms with Crippen molar-refractivity contribution in [3.63, 3.8) is 0 Å². The molecule has 2 aromatic rings. The monoisotopic (exact) mass is 309 g/mol. The molecule has 4 heteroatoms. The van der Waals surface area contributed by atoms with Gasteiger partial charge in [-0.15, -0.1) is 23.1 Å². The number of thiophene rings is 1. The first-order valence-electron chi connectivity index (χ1n) is 6.52. The molecule has 2 heterocycles. The fourth-order valence-corrected chi connectivity index (χ4v) is 4.62. The van der Waals surface area contributed by atoms with Crippen LogP contribution in [-0.4, -0.2) is 12.3 Å². The predicted molar refractivity (Wildman–Crippen MR) is 85.6 cm³/mol. The number of thioether (sulfide) groups is 1. The molecule has 0 radical (unpaired) electrons. The molecular weight excluding hydrogens is 294 g/mol. The normalized spacial score (nSPS) is 18.3. The molecule has 3 rings (SSSR count). The van der Waals surface area contributed by atoms with Gasteiger partial charge in [-0.2, -0.15) is 0 Å². The van der Waals surface area contributed by atoms with E-state index in [1.54, 1.807) is 11.3 Å². The Kier molecular flexibility index (Phi) is 4.49. The van der Waals surface area contributed by atoms with Crippen molar-refractivity contribution < 1.29 is 0 Å². The fourth-order valence-electron chi connectivity index (χ4n) is 2.41. The van der Waals surface area contributed by atoms with Crippen LogP contribution in [0.25, 0.3) is 0 Å². The number of rotatable bonds is 4. The Morgan fingerprint density at radius 3 is 2.95 bits per heavy atom. The van der Waals surface area contributed by atoms with Gasteiger partial charge in [-0.1, -0.05) is 29.8 Å². The molecule has 19 heavy (non-hydrogen) atoms. The Balaban J connectivity index is 1.59. The van der Waals surface area contributed by atoms with Crippen LogP contribution in [0.4, 0.5) is 0 Å². The van der Waals surface area contributed by atoms with Crippen LogP contribution in [-0.2, 0) is 6.42 Å². The lowest BCUT2D eigenvalue weighted by Gasteiger charge is -2.25. The maximum atomic E-state index is 5.95. The molecule has 0 bridgehead atoms. The highest BCUT2D eigenvalue weighted by molar-refractivity contribution is 7.99. The smallest absolute Gasteiger partial charge is 0.0931 e. The van der Waals surface area contributed by atoms with Crippen LogP contribution in [0.5, 0.6) is 0 Å². The number of hydrogen-bond donors (Lipinski definition) is 1. The van der Waals surface area contributed by atoms with Gasteiger partial charge in [-0.25, -0.2) is 0 Å². The number of fused-ring (bicyclic) bond motifs is 1. The second kappa shape index (κ2) is 6.31. The average molecular weight is 310 g/mol. The van der Waals surface area contributed by atoms with Crippen LogP contribution in [0.15, 0.2) is 41.3 Å². The second-order valence-electron chi connectivity index (χ2n) is 4.64. The van der Waals surface area contributed by atoms with Gasteiger partial charge in [0.2, 0.25) is 0 Å². The summed E-state index contributed by atoms with van der Waals surface area (Å²) in [5, 5.41) is 3.69. The minimum Gasteiger partial charge on any atom is -0.310 e. The third kappa shape index (κ3) is 3.34. The van der Waals surface area contributed by atoms with E-state index < -0.39 is 0 Å².